The summed E-state index contributed by atoms with van der Waals surface area (Å²) in [6, 6.07) is 3.24. The van der Waals surface area contributed by atoms with Crippen LogP contribution in [0, 0.1) is 12.7 Å². The summed E-state index contributed by atoms with van der Waals surface area (Å²) in [5.74, 6) is -0.254. The molecule has 0 aliphatic heterocycles. The maximum absolute atomic E-state index is 13.1. The van der Waals surface area contributed by atoms with Crippen LogP contribution in [0.1, 0.15) is 5.69 Å². The highest BCUT2D eigenvalue weighted by atomic mass is 79.9. The van der Waals surface area contributed by atoms with Crippen LogP contribution in [0.5, 0.6) is 0 Å². The van der Waals surface area contributed by atoms with E-state index in [2.05, 4.69) is 21.0 Å². The molecule has 2 rings (SSSR count). The highest BCUT2D eigenvalue weighted by molar-refractivity contribution is 9.10. The molecular formula is C9H8BrFN2. The number of hydrogen-bond acceptors (Lipinski definition) is 1. The van der Waals surface area contributed by atoms with Crippen LogP contribution in [0.2, 0.25) is 0 Å². The second-order valence-electron chi connectivity index (χ2n) is 2.99. The van der Waals surface area contributed by atoms with Crippen molar-refractivity contribution in [3.05, 3.63) is 28.1 Å². The normalized spacial score (nSPS) is 11.1. The third kappa shape index (κ3) is 1.25. The lowest BCUT2D eigenvalue weighted by Gasteiger charge is -1.96. The van der Waals surface area contributed by atoms with Gasteiger partial charge in [0.15, 0.2) is 0 Å². The minimum Gasteiger partial charge on any atom is -0.268 e. The molecule has 0 aliphatic carbocycles. The molecule has 4 heteroatoms. The lowest BCUT2D eigenvalue weighted by atomic mass is 10.2. The molecule has 13 heavy (non-hydrogen) atoms. The van der Waals surface area contributed by atoms with Crippen LogP contribution < -0.4 is 0 Å². The summed E-state index contributed by atoms with van der Waals surface area (Å²) in [5, 5.41) is 5.18. The lowest BCUT2D eigenvalue weighted by Crippen LogP contribution is -1.89. The van der Waals surface area contributed by atoms with Gasteiger partial charge < -0.3 is 0 Å². The van der Waals surface area contributed by atoms with Gasteiger partial charge in [-0.3, -0.25) is 4.68 Å². The number of aromatic nitrogens is 2. The molecular weight excluding hydrogens is 235 g/mol. The van der Waals surface area contributed by atoms with Gasteiger partial charge in [0.1, 0.15) is 5.82 Å². The van der Waals surface area contributed by atoms with Crippen molar-refractivity contribution in [3.63, 3.8) is 0 Å². The van der Waals surface area contributed by atoms with Crippen molar-refractivity contribution in [1.82, 2.24) is 9.78 Å². The van der Waals surface area contributed by atoms with Gasteiger partial charge in [-0.1, -0.05) is 0 Å². The average molecular weight is 243 g/mol. The third-order valence-electron chi connectivity index (χ3n) is 2.08. The van der Waals surface area contributed by atoms with Crippen LogP contribution in [0.3, 0.4) is 0 Å². The maximum Gasteiger partial charge on any atom is 0.139 e. The number of nitrogens with zero attached hydrogens (tertiary/aromatic N) is 2. The van der Waals surface area contributed by atoms with E-state index in [1.54, 1.807) is 10.7 Å². The third-order valence-corrected chi connectivity index (χ3v) is 2.68. The molecule has 1 aromatic heterocycles. The zero-order valence-electron chi connectivity index (χ0n) is 7.31. The van der Waals surface area contributed by atoms with E-state index in [-0.39, 0.29) is 5.82 Å². The SMILES string of the molecule is Cc1nn(C)c2cc(F)c(Br)cc12. The molecule has 2 nitrogen and oxygen atoms in total. The van der Waals surface area contributed by atoms with Gasteiger partial charge in [0, 0.05) is 18.5 Å². The molecule has 0 aliphatic rings. The Morgan fingerprint density at radius 2 is 2.15 bits per heavy atom. The van der Waals surface area contributed by atoms with Crippen LogP contribution in [0.15, 0.2) is 16.6 Å². The summed E-state index contributed by atoms with van der Waals surface area (Å²) in [5.41, 5.74) is 1.73. The van der Waals surface area contributed by atoms with Crippen molar-refractivity contribution < 1.29 is 4.39 Å². The molecule has 0 spiro atoms. The summed E-state index contributed by atoms with van der Waals surface area (Å²) < 4.78 is 15.3. The fraction of sp³-hybridized carbons (Fsp3) is 0.222. The van der Waals surface area contributed by atoms with Gasteiger partial charge in [-0.2, -0.15) is 5.10 Å². The summed E-state index contributed by atoms with van der Waals surface area (Å²) >= 11 is 3.15. The zero-order chi connectivity index (χ0) is 9.59. The van der Waals surface area contributed by atoms with Gasteiger partial charge in [0.25, 0.3) is 0 Å². The van der Waals surface area contributed by atoms with Gasteiger partial charge >= 0.3 is 0 Å². The van der Waals surface area contributed by atoms with Gasteiger partial charge in [-0.25, -0.2) is 4.39 Å². The van der Waals surface area contributed by atoms with Gasteiger partial charge in [-0.05, 0) is 28.9 Å². The van der Waals surface area contributed by atoms with Gasteiger partial charge in [0.2, 0.25) is 0 Å². The topological polar surface area (TPSA) is 17.8 Å². The van der Waals surface area contributed by atoms with Crippen molar-refractivity contribution in [3.8, 4) is 0 Å². The van der Waals surface area contributed by atoms with Crippen molar-refractivity contribution in [2.75, 3.05) is 0 Å². The standard InChI is InChI=1S/C9H8BrFN2/c1-5-6-3-7(10)8(11)4-9(6)13(2)12-5/h3-4H,1-2H3. The Labute approximate surface area is 83.5 Å². The van der Waals surface area contributed by atoms with Crippen LogP contribution in [-0.4, -0.2) is 9.78 Å². The predicted octanol–water partition coefficient (Wildman–Crippen LogP) is 2.78. The molecule has 1 heterocycles. The first kappa shape index (κ1) is 8.69. The largest absolute Gasteiger partial charge is 0.268 e. The van der Waals surface area contributed by atoms with E-state index >= 15 is 0 Å². The first-order chi connectivity index (χ1) is 6.09. The molecule has 0 atom stereocenters. The minimum atomic E-state index is -0.254. The molecule has 2 aromatic rings. The highest BCUT2D eigenvalue weighted by Gasteiger charge is 2.08. The minimum absolute atomic E-state index is 0.254. The molecule has 0 saturated heterocycles. The van der Waals surface area contributed by atoms with Gasteiger partial charge in [-0.15, -0.1) is 0 Å². The number of hydrogen-bond donors (Lipinski definition) is 0. The van der Waals surface area contributed by atoms with Crippen molar-refractivity contribution in [1.29, 1.82) is 0 Å². The van der Waals surface area contributed by atoms with E-state index in [1.807, 2.05) is 14.0 Å². The van der Waals surface area contributed by atoms with Crippen LogP contribution in [0.25, 0.3) is 10.9 Å². The predicted molar refractivity (Wildman–Crippen MR) is 53.1 cm³/mol. The average Bonchev–Trinajstić information content (AvgIpc) is 2.31. The second kappa shape index (κ2) is 2.80. The van der Waals surface area contributed by atoms with Crippen molar-refractivity contribution >= 4 is 26.8 Å². The number of rotatable bonds is 0. The molecule has 0 fully saturated rings. The quantitative estimate of drug-likeness (QED) is 0.695. The molecule has 0 radical (unpaired) electrons. The molecule has 0 unspecified atom stereocenters. The van der Waals surface area contributed by atoms with Crippen LogP contribution >= 0.6 is 15.9 Å². The Balaban J connectivity index is 2.91. The van der Waals surface area contributed by atoms with Crippen LogP contribution in [-0.2, 0) is 7.05 Å². The summed E-state index contributed by atoms with van der Waals surface area (Å²) in [4.78, 5) is 0. The monoisotopic (exact) mass is 242 g/mol. The Kier molecular flexibility index (Phi) is 1.87. The summed E-state index contributed by atoms with van der Waals surface area (Å²) in [6.07, 6.45) is 0. The summed E-state index contributed by atoms with van der Waals surface area (Å²) in [7, 11) is 1.81. The first-order valence-corrected chi connectivity index (χ1v) is 4.67. The molecule has 0 saturated carbocycles. The maximum atomic E-state index is 13.1. The second-order valence-corrected chi connectivity index (χ2v) is 3.85. The van der Waals surface area contributed by atoms with E-state index in [0.717, 1.165) is 16.6 Å². The van der Waals surface area contributed by atoms with Crippen molar-refractivity contribution in [2.45, 2.75) is 6.92 Å². The van der Waals surface area contributed by atoms with E-state index < -0.39 is 0 Å². The molecule has 0 amide bonds. The van der Waals surface area contributed by atoms with Crippen molar-refractivity contribution in [2.24, 2.45) is 7.05 Å². The Bertz CT molecular complexity index is 434. The lowest BCUT2D eigenvalue weighted by molar-refractivity contribution is 0.621. The smallest absolute Gasteiger partial charge is 0.139 e. The van der Waals surface area contributed by atoms with Gasteiger partial charge in [0.05, 0.1) is 15.7 Å². The van der Waals surface area contributed by atoms with E-state index in [0.29, 0.717) is 4.47 Å². The summed E-state index contributed by atoms with van der Waals surface area (Å²) in [6.45, 7) is 1.91. The Morgan fingerprint density at radius 3 is 2.85 bits per heavy atom. The van der Waals surface area contributed by atoms with Crippen LogP contribution in [0.4, 0.5) is 4.39 Å². The number of benzene rings is 1. The van der Waals surface area contributed by atoms with E-state index in [9.17, 15) is 4.39 Å². The molecule has 0 N–H and O–H groups in total. The number of aryl methyl sites for hydroxylation is 2. The molecule has 1 aromatic carbocycles. The van der Waals surface area contributed by atoms with E-state index in [4.69, 9.17) is 0 Å². The zero-order valence-corrected chi connectivity index (χ0v) is 8.89. The fourth-order valence-corrected chi connectivity index (χ4v) is 1.77. The Morgan fingerprint density at radius 1 is 1.46 bits per heavy atom. The number of fused-ring (bicyclic) bond motifs is 1. The first-order valence-electron chi connectivity index (χ1n) is 3.88. The molecule has 0 bridgehead atoms. The fourth-order valence-electron chi connectivity index (χ4n) is 1.43. The highest BCUT2D eigenvalue weighted by Crippen LogP contribution is 2.24. The number of halogens is 2. The molecule has 68 valence electrons. The Hall–Kier alpha value is -0.900. The van der Waals surface area contributed by atoms with E-state index in [1.165, 1.54) is 6.07 Å².